The van der Waals surface area contributed by atoms with Gasteiger partial charge in [-0.25, -0.2) is 4.98 Å². The maximum atomic E-state index is 4.62. The third-order valence-corrected chi connectivity index (χ3v) is 6.73. The van der Waals surface area contributed by atoms with Gasteiger partial charge in [-0.1, -0.05) is 31.2 Å². The smallest absolute Gasteiger partial charge is 0.205 e. The second kappa shape index (κ2) is 12.0. The van der Waals surface area contributed by atoms with Gasteiger partial charge < -0.3 is 15.1 Å². The van der Waals surface area contributed by atoms with E-state index in [2.05, 4.69) is 65.6 Å². The average Bonchev–Trinajstić information content (AvgIpc) is 3.48. The first-order chi connectivity index (χ1) is 14.7. The zero-order valence-electron chi connectivity index (χ0n) is 18.6. The van der Waals surface area contributed by atoms with E-state index >= 15 is 0 Å². The Morgan fingerprint density at radius 3 is 2.32 bits per heavy atom. The SMILES string of the molecule is CCc1nsc(N2CCN(C(=NC)NCc3ccc(CN4CCCC4)cc3)CC2)n1.I. The van der Waals surface area contributed by atoms with E-state index in [1.165, 1.54) is 48.6 Å². The van der Waals surface area contributed by atoms with Gasteiger partial charge in [0.05, 0.1) is 0 Å². The number of hydrogen-bond acceptors (Lipinski definition) is 6. The number of nitrogens with one attached hydrogen (secondary N) is 1. The summed E-state index contributed by atoms with van der Waals surface area (Å²) in [5, 5.41) is 4.58. The number of aromatic nitrogens is 2. The molecule has 1 aromatic heterocycles. The molecule has 2 saturated heterocycles. The Kier molecular flexibility index (Phi) is 9.33. The van der Waals surface area contributed by atoms with Crippen LogP contribution in [0.5, 0.6) is 0 Å². The molecule has 0 bridgehead atoms. The van der Waals surface area contributed by atoms with Crippen LogP contribution in [0.15, 0.2) is 29.3 Å². The van der Waals surface area contributed by atoms with Crippen molar-refractivity contribution in [3.8, 4) is 0 Å². The molecule has 2 aromatic rings. The zero-order valence-corrected chi connectivity index (χ0v) is 21.7. The summed E-state index contributed by atoms with van der Waals surface area (Å²) >= 11 is 1.51. The van der Waals surface area contributed by atoms with Crippen LogP contribution in [0.2, 0.25) is 0 Å². The van der Waals surface area contributed by atoms with Crippen molar-refractivity contribution < 1.29 is 0 Å². The molecule has 1 N–H and O–H groups in total. The highest BCUT2D eigenvalue weighted by Crippen LogP contribution is 2.19. The third-order valence-electron chi connectivity index (χ3n) is 5.91. The number of anilines is 1. The highest BCUT2D eigenvalue weighted by atomic mass is 127. The number of benzene rings is 1. The number of guanidine groups is 1. The van der Waals surface area contributed by atoms with Gasteiger partial charge in [0.15, 0.2) is 5.96 Å². The molecule has 4 rings (SSSR count). The first-order valence-electron chi connectivity index (χ1n) is 11.1. The number of aryl methyl sites for hydroxylation is 1. The molecule has 0 unspecified atom stereocenters. The Morgan fingerprint density at radius 2 is 1.71 bits per heavy atom. The van der Waals surface area contributed by atoms with Crippen molar-refractivity contribution in [2.24, 2.45) is 4.99 Å². The molecule has 0 spiro atoms. The van der Waals surface area contributed by atoms with E-state index in [4.69, 9.17) is 0 Å². The van der Waals surface area contributed by atoms with Gasteiger partial charge in [-0.05, 0) is 37.1 Å². The molecule has 170 valence electrons. The molecular weight excluding hydrogens is 521 g/mol. The van der Waals surface area contributed by atoms with Crippen LogP contribution < -0.4 is 10.2 Å². The fourth-order valence-corrected chi connectivity index (χ4v) is 4.90. The quantitative estimate of drug-likeness (QED) is 0.336. The lowest BCUT2D eigenvalue weighted by Crippen LogP contribution is -2.52. The van der Waals surface area contributed by atoms with E-state index in [-0.39, 0.29) is 24.0 Å². The summed E-state index contributed by atoms with van der Waals surface area (Å²) in [4.78, 5) is 16.3. The second-order valence-corrected chi connectivity index (χ2v) is 8.75. The Morgan fingerprint density at radius 1 is 1.03 bits per heavy atom. The molecule has 0 atom stereocenters. The largest absolute Gasteiger partial charge is 0.352 e. The Hall–Kier alpha value is -1.46. The van der Waals surface area contributed by atoms with E-state index in [1.54, 1.807) is 0 Å². The van der Waals surface area contributed by atoms with Crippen molar-refractivity contribution in [2.75, 3.05) is 51.2 Å². The van der Waals surface area contributed by atoms with Crippen molar-refractivity contribution in [2.45, 2.75) is 39.3 Å². The van der Waals surface area contributed by atoms with Crippen LogP contribution in [0.1, 0.15) is 36.7 Å². The first kappa shape index (κ1) is 24.2. The van der Waals surface area contributed by atoms with Crippen molar-refractivity contribution in [1.82, 2.24) is 24.5 Å². The van der Waals surface area contributed by atoms with E-state index in [0.717, 1.165) is 62.6 Å². The minimum Gasteiger partial charge on any atom is -0.352 e. The van der Waals surface area contributed by atoms with E-state index < -0.39 is 0 Å². The van der Waals surface area contributed by atoms with Crippen LogP contribution >= 0.6 is 35.5 Å². The predicted molar refractivity (Wildman–Crippen MR) is 140 cm³/mol. The summed E-state index contributed by atoms with van der Waals surface area (Å²) in [5.41, 5.74) is 2.70. The Labute approximate surface area is 207 Å². The monoisotopic (exact) mass is 555 g/mol. The zero-order chi connectivity index (χ0) is 20.8. The minimum absolute atomic E-state index is 0. The van der Waals surface area contributed by atoms with Gasteiger partial charge in [-0.15, -0.1) is 24.0 Å². The van der Waals surface area contributed by atoms with Crippen LogP contribution in [0.25, 0.3) is 0 Å². The number of hydrogen-bond donors (Lipinski definition) is 1. The molecule has 0 amide bonds. The number of halogens is 1. The summed E-state index contributed by atoms with van der Waals surface area (Å²) in [6.07, 6.45) is 3.58. The molecule has 2 aliphatic rings. The standard InChI is InChI=1S/C22H33N7S.HI/c1-3-20-25-22(30-26-20)29-14-12-28(13-15-29)21(23-2)24-16-18-6-8-19(9-7-18)17-27-10-4-5-11-27;/h6-9H,3-5,10-17H2,1-2H3,(H,23,24);1H. The fraction of sp³-hybridized carbons (Fsp3) is 0.591. The summed E-state index contributed by atoms with van der Waals surface area (Å²) in [5.74, 6) is 1.92. The molecule has 2 aliphatic heterocycles. The molecular formula is C22H34IN7S. The summed E-state index contributed by atoms with van der Waals surface area (Å²) in [6.45, 7) is 10.2. The van der Waals surface area contributed by atoms with Gasteiger partial charge in [0.2, 0.25) is 5.13 Å². The molecule has 0 aliphatic carbocycles. The molecule has 1 aromatic carbocycles. The maximum absolute atomic E-state index is 4.62. The lowest BCUT2D eigenvalue weighted by molar-refractivity contribution is 0.331. The van der Waals surface area contributed by atoms with Gasteiger partial charge in [0.1, 0.15) is 5.82 Å². The number of nitrogens with zero attached hydrogens (tertiary/aromatic N) is 6. The second-order valence-electron chi connectivity index (χ2n) is 8.02. The Bertz CT molecular complexity index is 825. The van der Waals surface area contributed by atoms with Crippen molar-refractivity contribution in [3.63, 3.8) is 0 Å². The van der Waals surface area contributed by atoms with Crippen LogP contribution in [0.3, 0.4) is 0 Å². The van der Waals surface area contributed by atoms with Crippen molar-refractivity contribution in [1.29, 1.82) is 0 Å². The Balaban J connectivity index is 0.00000272. The highest BCUT2D eigenvalue weighted by molar-refractivity contribution is 14.0. The molecule has 7 nitrogen and oxygen atoms in total. The number of piperazine rings is 1. The van der Waals surface area contributed by atoms with Gasteiger partial charge >= 0.3 is 0 Å². The van der Waals surface area contributed by atoms with E-state index in [0.29, 0.717) is 0 Å². The van der Waals surface area contributed by atoms with Crippen LogP contribution in [-0.2, 0) is 19.5 Å². The van der Waals surface area contributed by atoms with Gasteiger partial charge in [0.25, 0.3) is 0 Å². The topological polar surface area (TPSA) is 59.9 Å². The molecule has 31 heavy (non-hydrogen) atoms. The molecule has 2 fully saturated rings. The highest BCUT2D eigenvalue weighted by Gasteiger charge is 2.22. The lowest BCUT2D eigenvalue weighted by Gasteiger charge is -2.36. The average molecular weight is 556 g/mol. The minimum atomic E-state index is 0. The van der Waals surface area contributed by atoms with E-state index in [1.807, 2.05) is 7.05 Å². The molecule has 0 saturated carbocycles. The number of rotatable bonds is 6. The van der Waals surface area contributed by atoms with Gasteiger partial charge in [-0.2, -0.15) is 4.37 Å². The van der Waals surface area contributed by atoms with Crippen molar-refractivity contribution >= 4 is 46.6 Å². The van der Waals surface area contributed by atoms with Gasteiger partial charge in [0, 0.05) is 64.3 Å². The third kappa shape index (κ3) is 6.52. The van der Waals surface area contributed by atoms with Gasteiger partial charge in [-0.3, -0.25) is 9.89 Å². The fourth-order valence-electron chi connectivity index (χ4n) is 4.10. The van der Waals surface area contributed by atoms with Crippen LogP contribution in [-0.4, -0.2) is 71.4 Å². The number of likely N-dealkylation sites (tertiary alicyclic amines) is 1. The summed E-state index contributed by atoms with van der Waals surface area (Å²) in [6, 6.07) is 9.02. The van der Waals surface area contributed by atoms with Crippen molar-refractivity contribution in [3.05, 3.63) is 41.2 Å². The predicted octanol–water partition coefficient (Wildman–Crippen LogP) is 3.21. The maximum Gasteiger partial charge on any atom is 0.205 e. The van der Waals surface area contributed by atoms with E-state index in [9.17, 15) is 0 Å². The molecule has 0 radical (unpaired) electrons. The molecule has 3 heterocycles. The molecule has 9 heteroatoms. The number of aliphatic imine (C=N–C) groups is 1. The first-order valence-corrected chi connectivity index (χ1v) is 11.9. The lowest BCUT2D eigenvalue weighted by atomic mass is 10.1. The van der Waals surface area contributed by atoms with Crippen LogP contribution in [0, 0.1) is 0 Å². The normalized spacial score (nSPS) is 17.7. The van der Waals surface area contributed by atoms with Crippen LogP contribution in [0.4, 0.5) is 5.13 Å². The summed E-state index contributed by atoms with van der Waals surface area (Å²) < 4.78 is 4.41. The summed E-state index contributed by atoms with van der Waals surface area (Å²) in [7, 11) is 1.87.